The number of thiophene rings is 1. The minimum atomic E-state index is -0.622. The standard InChI is InChI=1S/C13H13ClO2S/c1-2-16-10-5-3-9(4-6-10)13(15)11-7-8-12(14)17-11/h3-8,13,15H,2H2,1H3. The molecule has 4 heteroatoms. The Morgan fingerprint density at radius 1 is 1.24 bits per heavy atom. The van der Waals surface area contributed by atoms with Crippen molar-refractivity contribution >= 4 is 22.9 Å². The van der Waals surface area contributed by atoms with Crippen LogP contribution in [0.1, 0.15) is 23.5 Å². The van der Waals surface area contributed by atoms with Gasteiger partial charge in [0.05, 0.1) is 10.9 Å². The minimum Gasteiger partial charge on any atom is -0.494 e. The number of aliphatic hydroxyl groups is 1. The van der Waals surface area contributed by atoms with Crippen molar-refractivity contribution in [2.75, 3.05) is 6.61 Å². The van der Waals surface area contributed by atoms with Gasteiger partial charge in [-0.1, -0.05) is 23.7 Å². The van der Waals surface area contributed by atoms with E-state index in [1.54, 1.807) is 6.07 Å². The molecule has 1 aromatic carbocycles. The molecule has 1 unspecified atom stereocenters. The highest BCUT2D eigenvalue weighted by Crippen LogP contribution is 2.31. The predicted molar refractivity (Wildman–Crippen MR) is 71.0 cm³/mol. The van der Waals surface area contributed by atoms with E-state index < -0.39 is 6.10 Å². The number of hydrogen-bond acceptors (Lipinski definition) is 3. The lowest BCUT2D eigenvalue weighted by Crippen LogP contribution is -1.97. The summed E-state index contributed by atoms with van der Waals surface area (Å²) < 4.78 is 6.04. The van der Waals surface area contributed by atoms with E-state index in [0.717, 1.165) is 16.2 Å². The first-order valence-electron chi connectivity index (χ1n) is 5.36. The van der Waals surface area contributed by atoms with Gasteiger partial charge in [-0.25, -0.2) is 0 Å². The summed E-state index contributed by atoms with van der Waals surface area (Å²) in [6.45, 7) is 2.58. The zero-order chi connectivity index (χ0) is 12.3. The molecule has 1 atom stereocenters. The molecule has 1 N–H and O–H groups in total. The van der Waals surface area contributed by atoms with Crippen molar-refractivity contribution in [1.29, 1.82) is 0 Å². The third-order valence-corrected chi connectivity index (χ3v) is 3.65. The highest BCUT2D eigenvalue weighted by Gasteiger charge is 2.12. The first-order chi connectivity index (χ1) is 8.20. The largest absolute Gasteiger partial charge is 0.494 e. The third kappa shape index (κ3) is 3.00. The number of ether oxygens (including phenoxy) is 1. The van der Waals surface area contributed by atoms with E-state index in [1.165, 1.54) is 11.3 Å². The van der Waals surface area contributed by atoms with Gasteiger partial charge in [-0.15, -0.1) is 11.3 Å². The van der Waals surface area contributed by atoms with Crippen LogP contribution in [0.2, 0.25) is 4.34 Å². The molecular formula is C13H13ClO2S. The summed E-state index contributed by atoms with van der Waals surface area (Å²) in [5.74, 6) is 0.813. The fourth-order valence-electron chi connectivity index (χ4n) is 1.55. The average Bonchev–Trinajstić information content (AvgIpc) is 2.76. The van der Waals surface area contributed by atoms with Crippen molar-refractivity contribution in [3.63, 3.8) is 0 Å². The quantitative estimate of drug-likeness (QED) is 0.912. The Morgan fingerprint density at radius 3 is 2.47 bits per heavy atom. The number of aliphatic hydroxyl groups excluding tert-OH is 1. The second-order valence-corrected chi connectivity index (χ2v) is 5.29. The molecule has 1 heterocycles. The van der Waals surface area contributed by atoms with E-state index in [4.69, 9.17) is 16.3 Å². The van der Waals surface area contributed by atoms with Crippen LogP contribution in [0.4, 0.5) is 0 Å². The SMILES string of the molecule is CCOc1ccc(C(O)c2ccc(Cl)s2)cc1. The third-order valence-electron chi connectivity index (χ3n) is 2.37. The maximum absolute atomic E-state index is 10.1. The van der Waals surface area contributed by atoms with Gasteiger partial charge in [0.2, 0.25) is 0 Å². The van der Waals surface area contributed by atoms with Crippen molar-refractivity contribution < 1.29 is 9.84 Å². The Balaban J connectivity index is 2.16. The zero-order valence-electron chi connectivity index (χ0n) is 9.39. The van der Waals surface area contributed by atoms with E-state index in [9.17, 15) is 5.11 Å². The van der Waals surface area contributed by atoms with Gasteiger partial charge in [0, 0.05) is 4.88 Å². The summed E-state index contributed by atoms with van der Waals surface area (Å²) in [5.41, 5.74) is 0.840. The lowest BCUT2D eigenvalue weighted by atomic mass is 10.1. The Hall–Kier alpha value is -1.03. The van der Waals surface area contributed by atoms with Crippen molar-refractivity contribution in [1.82, 2.24) is 0 Å². The van der Waals surface area contributed by atoms with Crippen LogP contribution >= 0.6 is 22.9 Å². The Bertz CT molecular complexity index is 478. The first kappa shape index (κ1) is 12.4. The van der Waals surface area contributed by atoms with Gasteiger partial charge < -0.3 is 9.84 Å². The summed E-state index contributed by atoms with van der Waals surface area (Å²) in [6, 6.07) is 11.1. The van der Waals surface area contributed by atoms with Gasteiger partial charge in [0.1, 0.15) is 11.9 Å². The molecule has 0 bridgehead atoms. The molecule has 0 aliphatic carbocycles. The van der Waals surface area contributed by atoms with Gasteiger partial charge >= 0.3 is 0 Å². The van der Waals surface area contributed by atoms with Gasteiger partial charge in [-0.3, -0.25) is 0 Å². The number of rotatable bonds is 4. The van der Waals surface area contributed by atoms with E-state index in [1.807, 2.05) is 37.3 Å². The molecule has 0 saturated heterocycles. The highest BCUT2D eigenvalue weighted by molar-refractivity contribution is 7.16. The van der Waals surface area contributed by atoms with Gasteiger partial charge in [-0.2, -0.15) is 0 Å². The normalized spacial score (nSPS) is 12.4. The molecule has 0 amide bonds. The zero-order valence-corrected chi connectivity index (χ0v) is 11.0. The molecule has 0 saturated carbocycles. The van der Waals surface area contributed by atoms with Crippen LogP contribution in [-0.2, 0) is 0 Å². The molecule has 90 valence electrons. The molecule has 0 radical (unpaired) electrons. The lowest BCUT2D eigenvalue weighted by Gasteiger charge is -2.10. The summed E-state index contributed by atoms with van der Waals surface area (Å²) in [5, 5.41) is 10.1. The molecule has 1 aromatic heterocycles. The fraction of sp³-hybridized carbons (Fsp3) is 0.231. The van der Waals surface area contributed by atoms with Crippen molar-refractivity contribution in [3.8, 4) is 5.75 Å². The number of hydrogen-bond donors (Lipinski definition) is 1. The Morgan fingerprint density at radius 2 is 1.94 bits per heavy atom. The summed E-state index contributed by atoms with van der Waals surface area (Å²) in [6.07, 6.45) is -0.622. The van der Waals surface area contributed by atoms with Crippen LogP contribution in [0.15, 0.2) is 36.4 Å². The van der Waals surface area contributed by atoms with E-state index in [2.05, 4.69) is 0 Å². The molecule has 0 spiro atoms. The molecule has 17 heavy (non-hydrogen) atoms. The molecule has 2 aromatic rings. The Labute approximate surface area is 109 Å². The topological polar surface area (TPSA) is 29.5 Å². The molecule has 0 aliphatic heterocycles. The molecule has 0 fully saturated rings. The van der Waals surface area contributed by atoms with Crippen LogP contribution in [0.25, 0.3) is 0 Å². The predicted octanol–water partition coefficient (Wildman–Crippen LogP) is 3.88. The maximum atomic E-state index is 10.1. The number of halogens is 1. The van der Waals surface area contributed by atoms with Crippen molar-refractivity contribution in [2.24, 2.45) is 0 Å². The fourth-order valence-corrected chi connectivity index (χ4v) is 2.63. The highest BCUT2D eigenvalue weighted by atomic mass is 35.5. The van der Waals surface area contributed by atoms with Crippen LogP contribution in [0.3, 0.4) is 0 Å². The average molecular weight is 269 g/mol. The van der Waals surface area contributed by atoms with E-state index >= 15 is 0 Å². The monoisotopic (exact) mass is 268 g/mol. The summed E-state index contributed by atoms with van der Waals surface area (Å²) in [7, 11) is 0. The second kappa shape index (κ2) is 5.54. The molecular weight excluding hydrogens is 256 g/mol. The van der Waals surface area contributed by atoms with Gasteiger partial charge in [0.25, 0.3) is 0 Å². The van der Waals surface area contributed by atoms with Crippen LogP contribution in [-0.4, -0.2) is 11.7 Å². The molecule has 2 nitrogen and oxygen atoms in total. The van der Waals surface area contributed by atoms with Crippen molar-refractivity contribution in [2.45, 2.75) is 13.0 Å². The summed E-state index contributed by atoms with van der Waals surface area (Å²) >= 11 is 7.24. The first-order valence-corrected chi connectivity index (χ1v) is 6.56. The molecule has 2 rings (SSSR count). The van der Waals surface area contributed by atoms with E-state index in [-0.39, 0.29) is 0 Å². The lowest BCUT2D eigenvalue weighted by molar-refractivity contribution is 0.224. The number of benzene rings is 1. The van der Waals surface area contributed by atoms with E-state index in [0.29, 0.717) is 10.9 Å². The van der Waals surface area contributed by atoms with Crippen LogP contribution in [0.5, 0.6) is 5.75 Å². The smallest absolute Gasteiger partial charge is 0.119 e. The Kier molecular flexibility index (Phi) is 4.05. The van der Waals surface area contributed by atoms with Crippen molar-refractivity contribution in [3.05, 3.63) is 51.2 Å². The van der Waals surface area contributed by atoms with Crippen LogP contribution < -0.4 is 4.74 Å². The minimum absolute atomic E-state index is 0.622. The second-order valence-electron chi connectivity index (χ2n) is 3.55. The maximum Gasteiger partial charge on any atom is 0.119 e. The van der Waals surface area contributed by atoms with Crippen LogP contribution in [0, 0.1) is 0 Å². The molecule has 0 aliphatic rings. The van der Waals surface area contributed by atoms with Gasteiger partial charge in [0.15, 0.2) is 0 Å². The van der Waals surface area contributed by atoms with Gasteiger partial charge in [-0.05, 0) is 36.8 Å². The summed E-state index contributed by atoms with van der Waals surface area (Å²) in [4.78, 5) is 0.846.